The molecule has 0 aliphatic carbocycles. The second-order valence-corrected chi connectivity index (χ2v) is 4.12. The van der Waals surface area contributed by atoms with Gasteiger partial charge in [-0.15, -0.1) is 0 Å². The minimum absolute atomic E-state index is 0.0188. The van der Waals surface area contributed by atoms with Crippen molar-refractivity contribution < 1.29 is 14.3 Å². The summed E-state index contributed by atoms with van der Waals surface area (Å²) in [6.45, 7) is 3.58. The number of aromatic nitrogens is 1. The Balaban J connectivity index is 2.56. The Hall–Kier alpha value is -2.10. The molecular formula is C14H15NO3. The number of H-pyrrole nitrogens is 1. The third kappa shape index (κ3) is 2.27. The zero-order valence-corrected chi connectivity index (χ0v) is 10.4. The van der Waals surface area contributed by atoms with E-state index in [4.69, 9.17) is 4.74 Å². The SMILES string of the molecule is CCOC(=O)c1[nH]c2ccccc2c1CC(C)=O. The van der Waals surface area contributed by atoms with Gasteiger partial charge in [-0.2, -0.15) is 0 Å². The second kappa shape index (κ2) is 5.04. The first-order valence-corrected chi connectivity index (χ1v) is 5.89. The molecule has 1 heterocycles. The van der Waals surface area contributed by atoms with Crippen LogP contribution in [0.3, 0.4) is 0 Å². The van der Waals surface area contributed by atoms with E-state index in [9.17, 15) is 9.59 Å². The molecule has 2 rings (SSSR count). The van der Waals surface area contributed by atoms with Crippen LogP contribution in [0.2, 0.25) is 0 Å². The van der Waals surface area contributed by atoms with Crippen LogP contribution in [-0.4, -0.2) is 23.3 Å². The van der Waals surface area contributed by atoms with Crippen molar-refractivity contribution in [3.8, 4) is 0 Å². The van der Waals surface area contributed by atoms with Crippen LogP contribution in [-0.2, 0) is 16.0 Å². The number of hydrogen-bond acceptors (Lipinski definition) is 3. The number of fused-ring (bicyclic) bond motifs is 1. The molecule has 0 saturated carbocycles. The molecule has 94 valence electrons. The topological polar surface area (TPSA) is 59.2 Å². The molecule has 0 radical (unpaired) electrons. The number of ketones is 1. The highest BCUT2D eigenvalue weighted by Gasteiger charge is 2.19. The summed E-state index contributed by atoms with van der Waals surface area (Å²) in [6.07, 6.45) is 0.234. The Kier molecular flexibility index (Phi) is 3.46. The van der Waals surface area contributed by atoms with Gasteiger partial charge in [-0.3, -0.25) is 4.79 Å². The number of ether oxygens (including phenoxy) is 1. The van der Waals surface area contributed by atoms with E-state index >= 15 is 0 Å². The Bertz CT molecular complexity index is 598. The molecule has 18 heavy (non-hydrogen) atoms. The van der Waals surface area contributed by atoms with Crippen LogP contribution in [0.15, 0.2) is 24.3 Å². The van der Waals surface area contributed by atoms with Crippen molar-refractivity contribution in [3.63, 3.8) is 0 Å². The number of benzene rings is 1. The van der Waals surface area contributed by atoms with Crippen molar-refractivity contribution in [1.82, 2.24) is 4.98 Å². The third-order valence-electron chi connectivity index (χ3n) is 2.72. The van der Waals surface area contributed by atoms with Gasteiger partial charge in [-0.05, 0) is 25.5 Å². The van der Waals surface area contributed by atoms with Gasteiger partial charge in [0.25, 0.3) is 0 Å². The van der Waals surface area contributed by atoms with E-state index in [1.54, 1.807) is 6.92 Å². The van der Waals surface area contributed by atoms with Crippen LogP contribution < -0.4 is 0 Å². The molecular weight excluding hydrogens is 230 g/mol. The van der Waals surface area contributed by atoms with E-state index in [0.717, 1.165) is 16.5 Å². The molecule has 0 fully saturated rings. The normalized spacial score (nSPS) is 10.6. The highest BCUT2D eigenvalue weighted by atomic mass is 16.5. The Morgan fingerprint density at radius 3 is 2.67 bits per heavy atom. The quantitative estimate of drug-likeness (QED) is 0.842. The number of carbonyl (C=O) groups is 2. The number of carbonyl (C=O) groups excluding carboxylic acids is 2. The van der Waals surface area contributed by atoms with Crippen molar-refractivity contribution in [2.24, 2.45) is 0 Å². The van der Waals surface area contributed by atoms with Gasteiger partial charge in [0, 0.05) is 17.3 Å². The maximum absolute atomic E-state index is 11.9. The molecule has 0 atom stereocenters. The smallest absolute Gasteiger partial charge is 0.355 e. The lowest BCUT2D eigenvalue weighted by molar-refractivity contribution is -0.116. The summed E-state index contributed by atoms with van der Waals surface area (Å²) in [4.78, 5) is 26.2. The lowest BCUT2D eigenvalue weighted by Gasteiger charge is -2.02. The highest BCUT2D eigenvalue weighted by molar-refractivity contribution is 6.00. The zero-order chi connectivity index (χ0) is 13.1. The summed E-state index contributed by atoms with van der Waals surface area (Å²) in [7, 11) is 0. The largest absolute Gasteiger partial charge is 0.461 e. The predicted molar refractivity (Wildman–Crippen MR) is 68.6 cm³/mol. The Labute approximate surface area is 105 Å². The van der Waals surface area contributed by atoms with Gasteiger partial charge in [0.1, 0.15) is 11.5 Å². The zero-order valence-electron chi connectivity index (χ0n) is 10.4. The van der Waals surface area contributed by atoms with Gasteiger partial charge in [0.05, 0.1) is 6.61 Å². The monoisotopic (exact) mass is 245 g/mol. The van der Waals surface area contributed by atoms with Crippen molar-refractivity contribution in [1.29, 1.82) is 0 Å². The van der Waals surface area contributed by atoms with E-state index < -0.39 is 5.97 Å². The first-order chi connectivity index (χ1) is 8.63. The number of hydrogen-bond donors (Lipinski definition) is 1. The average Bonchev–Trinajstić information content (AvgIpc) is 2.68. The number of para-hydroxylation sites is 1. The van der Waals surface area contributed by atoms with Crippen LogP contribution in [0, 0.1) is 0 Å². The summed E-state index contributed by atoms with van der Waals surface area (Å²) in [6, 6.07) is 7.54. The molecule has 1 aromatic heterocycles. The molecule has 1 N–H and O–H groups in total. The maximum atomic E-state index is 11.9. The fourth-order valence-corrected chi connectivity index (χ4v) is 2.01. The standard InChI is InChI=1S/C14H15NO3/c1-3-18-14(17)13-11(8-9(2)16)10-6-4-5-7-12(10)15-13/h4-7,15H,3,8H2,1-2H3. The number of nitrogens with one attached hydrogen (secondary N) is 1. The molecule has 4 heteroatoms. The van der Waals surface area contributed by atoms with Gasteiger partial charge in [0.2, 0.25) is 0 Å². The fraction of sp³-hybridized carbons (Fsp3) is 0.286. The van der Waals surface area contributed by atoms with Crippen molar-refractivity contribution in [3.05, 3.63) is 35.5 Å². The van der Waals surface area contributed by atoms with Crippen LogP contribution in [0.4, 0.5) is 0 Å². The summed E-state index contributed by atoms with van der Waals surface area (Å²) in [5, 5.41) is 0.899. The van der Waals surface area contributed by atoms with E-state index in [1.807, 2.05) is 24.3 Å². The fourth-order valence-electron chi connectivity index (χ4n) is 2.01. The van der Waals surface area contributed by atoms with Crippen LogP contribution >= 0.6 is 0 Å². The van der Waals surface area contributed by atoms with Crippen LogP contribution in [0.25, 0.3) is 10.9 Å². The minimum Gasteiger partial charge on any atom is -0.461 e. The van der Waals surface area contributed by atoms with E-state index in [0.29, 0.717) is 12.3 Å². The highest BCUT2D eigenvalue weighted by Crippen LogP contribution is 2.23. The second-order valence-electron chi connectivity index (χ2n) is 4.12. The van der Waals surface area contributed by atoms with Crippen molar-refractivity contribution in [2.75, 3.05) is 6.61 Å². The first-order valence-electron chi connectivity index (χ1n) is 5.89. The third-order valence-corrected chi connectivity index (χ3v) is 2.72. The lowest BCUT2D eigenvalue weighted by atomic mass is 10.1. The summed E-state index contributed by atoms with van der Waals surface area (Å²) < 4.78 is 5.00. The molecule has 0 aliphatic rings. The number of aromatic amines is 1. The van der Waals surface area contributed by atoms with Gasteiger partial charge < -0.3 is 9.72 Å². The van der Waals surface area contributed by atoms with E-state index in [2.05, 4.69) is 4.98 Å². The Morgan fingerprint density at radius 2 is 2.00 bits per heavy atom. The van der Waals surface area contributed by atoms with Crippen LogP contribution in [0.1, 0.15) is 29.9 Å². The molecule has 0 aliphatic heterocycles. The van der Waals surface area contributed by atoms with Gasteiger partial charge in [-0.1, -0.05) is 18.2 Å². The molecule has 0 amide bonds. The van der Waals surface area contributed by atoms with Crippen molar-refractivity contribution in [2.45, 2.75) is 20.3 Å². The maximum Gasteiger partial charge on any atom is 0.355 e. The molecule has 4 nitrogen and oxygen atoms in total. The van der Waals surface area contributed by atoms with Gasteiger partial charge >= 0.3 is 5.97 Å². The molecule has 0 bridgehead atoms. The van der Waals surface area contributed by atoms with Gasteiger partial charge in [0.15, 0.2) is 0 Å². The number of rotatable bonds is 4. The van der Waals surface area contributed by atoms with E-state index in [1.165, 1.54) is 6.92 Å². The summed E-state index contributed by atoms with van der Waals surface area (Å²) in [5.41, 5.74) is 1.95. The predicted octanol–water partition coefficient (Wildman–Crippen LogP) is 2.48. The number of esters is 1. The van der Waals surface area contributed by atoms with Crippen molar-refractivity contribution >= 4 is 22.7 Å². The molecule has 1 aromatic carbocycles. The van der Waals surface area contributed by atoms with Crippen LogP contribution in [0.5, 0.6) is 0 Å². The minimum atomic E-state index is -0.412. The van der Waals surface area contributed by atoms with Gasteiger partial charge in [-0.25, -0.2) is 4.79 Å². The first kappa shape index (κ1) is 12.4. The lowest BCUT2D eigenvalue weighted by Crippen LogP contribution is -2.09. The summed E-state index contributed by atoms with van der Waals surface area (Å²) >= 11 is 0. The summed E-state index contributed by atoms with van der Waals surface area (Å²) in [5.74, 6) is -0.393. The van der Waals surface area contributed by atoms with E-state index in [-0.39, 0.29) is 12.2 Å². The molecule has 0 spiro atoms. The Morgan fingerprint density at radius 1 is 1.28 bits per heavy atom. The molecule has 0 unspecified atom stereocenters. The average molecular weight is 245 g/mol. The molecule has 2 aromatic rings. The number of Topliss-reactive ketones (excluding diaryl/α,β-unsaturated/α-hetero) is 1. The molecule has 0 saturated heterocycles.